The fourth-order valence-electron chi connectivity index (χ4n) is 3.91. The first-order chi connectivity index (χ1) is 14.7. The number of carbonyl (C=O) groups is 2. The summed E-state index contributed by atoms with van der Waals surface area (Å²) in [4.78, 5) is 31.8. The van der Waals surface area contributed by atoms with Gasteiger partial charge < -0.3 is 4.42 Å². The molecule has 0 unspecified atom stereocenters. The van der Waals surface area contributed by atoms with Crippen molar-refractivity contribution in [3.8, 4) is 11.5 Å². The second kappa shape index (κ2) is 6.64. The van der Waals surface area contributed by atoms with Crippen molar-refractivity contribution in [2.75, 3.05) is 4.90 Å². The van der Waals surface area contributed by atoms with Gasteiger partial charge in [0.25, 0.3) is 11.8 Å². The maximum atomic E-state index is 12.9. The summed E-state index contributed by atoms with van der Waals surface area (Å²) in [6.07, 6.45) is 0. The summed E-state index contributed by atoms with van der Waals surface area (Å²) < 4.78 is 6.00. The minimum absolute atomic E-state index is 0.00974. The first kappa shape index (κ1) is 19.2. The van der Waals surface area contributed by atoms with Crippen molar-refractivity contribution in [1.29, 1.82) is 0 Å². The molecule has 1 aliphatic rings. The van der Waals surface area contributed by atoms with Gasteiger partial charge >= 0.3 is 0 Å². The Labute approximate surface area is 180 Å². The van der Waals surface area contributed by atoms with Crippen LogP contribution < -0.4 is 4.90 Å². The highest BCUT2D eigenvalue weighted by Gasteiger charge is 2.37. The van der Waals surface area contributed by atoms with Gasteiger partial charge in [0.1, 0.15) is 5.52 Å². The van der Waals surface area contributed by atoms with Crippen molar-refractivity contribution in [2.24, 2.45) is 0 Å². The zero-order valence-corrected chi connectivity index (χ0v) is 17.9. The first-order valence-corrected chi connectivity index (χ1v) is 10.2. The first-order valence-electron chi connectivity index (χ1n) is 10.2. The zero-order valence-electron chi connectivity index (χ0n) is 17.9. The zero-order chi connectivity index (χ0) is 21.9. The van der Waals surface area contributed by atoms with Crippen LogP contribution in [0.1, 0.15) is 52.6 Å². The third kappa shape index (κ3) is 3.05. The van der Waals surface area contributed by atoms with Crippen molar-refractivity contribution in [3.63, 3.8) is 0 Å². The number of aromatic nitrogens is 1. The van der Waals surface area contributed by atoms with Crippen molar-refractivity contribution in [2.45, 2.75) is 33.1 Å². The van der Waals surface area contributed by atoms with Crippen LogP contribution in [0, 0.1) is 6.92 Å². The molecule has 0 atom stereocenters. The normalized spacial score (nSPS) is 13.9. The van der Waals surface area contributed by atoms with E-state index in [1.807, 2.05) is 31.2 Å². The van der Waals surface area contributed by atoms with E-state index < -0.39 is 0 Å². The van der Waals surface area contributed by atoms with Crippen LogP contribution in [0.2, 0.25) is 0 Å². The summed E-state index contributed by atoms with van der Waals surface area (Å²) in [7, 11) is 0. The molecule has 2 amide bonds. The van der Waals surface area contributed by atoms with E-state index in [0.29, 0.717) is 33.9 Å². The number of amides is 2. The number of hydrogen-bond acceptors (Lipinski definition) is 4. The second-order valence-electron chi connectivity index (χ2n) is 8.94. The Hall–Kier alpha value is -3.73. The Morgan fingerprint density at radius 2 is 1.55 bits per heavy atom. The summed E-state index contributed by atoms with van der Waals surface area (Å²) in [5, 5.41) is 0. The number of fused-ring (bicyclic) bond motifs is 2. The standard InChI is InChI=1S/C26H22N2O3/c1-15-9-10-16(23-27-20-14-17(26(2,3)4)11-12-22(20)31-23)13-21(15)28-24(29)18-7-5-6-8-19(18)25(28)30/h5-14H,1-4H3. The number of anilines is 1. The quantitative estimate of drug-likeness (QED) is 0.386. The number of aryl methyl sites for hydroxylation is 1. The molecule has 0 spiro atoms. The lowest BCUT2D eigenvalue weighted by atomic mass is 9.87. The molecule has 154 valence electrons. The lowest BCUT2D eigenvalue weighted by Crippen LogP contribution is -2.30. The van der Waals surface area contributed by atoms with Crippen molar-refractivity contribution >= 4 is 28.6 Å². The maximum Gasteiger partial charge on any atom is 0.266 e. The van der Waals surface area contributed by atoms with Gasteiger partial charge in [-0.15, -0.1) is 0 Å². The predicted octanol–water partition coefficient (Wildman–Crippen LogP) is 5.90. The fraction of sp³-hybridized carbons (Fsp3) is 0.192. The van der Waals surface area contributed by atoms with Crippen LogP contribution >= 0.6 is 0 Å². The highest BCUT2D eigenvalue weighted by Crippen LogP contribution is 2.35. The number of benzene rings is 3. The number of imide groups is 1. The average molecular weight is 410 g/mol. The van der Waals surface area contributed by atoms with Crippen LogP contribution in [0.25, 0.3) is 22.6 Å². The topological polar surface area (TPSA) is 63.4 Å². The summed E-state index contributed by atoms with van der Waals surface area (Å²) in [6, 6.07) is 18.5. The van der Waals surface area contributed by atoms with E-state index in [0.717, 1.165) is 11.1 Å². The molecule has 0 aliphatic carbocycles. The summed E-state index contributed by atoms with van der Waals surface area (Å²) >= 11 is 0. The minimum Gasteiger partial charge on any atom is -0.436 e. The van der Waals surface area contributed by atoms with Gasteiger partial charge in [-0.2, -0.15) is 0 Å². The Bertz CT molecular complexity index is 1340. The SMILES string of the molecule is Cc1ccc(-c2nc3cc(C(C)(C)C)ccc3o2)cc1N1C(=O)c2ccccc2C1=O. The van der Waals surface area contributed by atoms with Gasteiger partial charge in [0.15, 0.2) is 5.58 Å². The number of rotatable bonds is 2. The monoisotopic (exact) mass is 410 g/mol. The van der Waals surface area contributed by atoms with Crippen LogP contribution in [0.15, 0.2) is 65.1 Å². The van der Waals surface area contributed by atoms with Gasteiger partial charge in [-0.25, -0.2) is 9.88 Å². The fourth-order valence-corrected chi connectivity index (χ4v) is 3.91. The molecule has 1 aliphatic heterocycles. The largest absolute Gasteiger partial charge is 0.436 e. The molecule has 1 aromatic heterocycles. The molecule has 4 aromatic rings. The average Bonchev–Trinajstić information content (AvgIpc) is 3.27. The Balaban J connectivity index is 1.58. The highest BCUT2D eigenvalue weighted by molar-refractivity contribution is 6.34. The second-order valence-corrected chi connectivity index (χ2v) is 8.94. The van der Waals surface area contributed by atoms with Crippen LogP contribution in [0.5, 0.6) is 0 Å². The summed E-state index contributed by atoms with van der Waals surface area (Å²) in [5.74, 6) is -0.166. The molecule has 0 saturated carbocycles. The highest BCUT2D eigenvalue weighted by atomic mass is 16.3. The molecule has 5 nitrogen and oxygen atoms in total. The van der Waals surface area contributed by atoms with Crippen molar-refractivity contribution in [1.82, 2.24) is 4.98 Å². The molecule has 0 fully saturated rings. The van der Waals surface area contributed by atoms with Crippen LogP contribution in [-0.4, -0.2) is 16.8 Å². The number of carbonyl (C=O) groups excluding carboxylic acids is 2. The van der Waals surface area contributed by atoms with E-state index in [1.54, 1.807) is 30.3 Å². The summed E-state index contributed by atoms with van der Waals surface area (Å²) in [6.45, 7) is 8.35. The Kier molecular flexibility index (Phi) is 4.12. The van der Waals surface area contributed by atoms with Gasteiger partial charge in [-0.3, -0.25) is 9.59 Å². The molecular formula is C26H22N2O3. The third-order valence-corrected chi connectivity index (χ3v) is 5.74. The van der Waals surface area contributed by atoms with Crippen molar-refractivity contribution < 1.29 is 14.0 Å². The van der Waals surface area contributed by atoms with E-state index >= 15 is 0 Å². The molecule has 5 heteroatoms. The van der Waals surface area contributed by atoms with Gasteiger partial charge in [-0.1, -0.05) is 45.0 Å². The van der Waals surface area contributed by atoms with Crippen LogP contribution in [0.4, 0.5) is 5.69 Å². The van der Waals surface area contributed by atoms with E-state index in [9.17, 15) is 9.59 Å². The molecule has 2 heterocycles. The lowest BCUT2D eigenvalue weighted by molar-refractivity contribution is 0.0926. The van der Waals surface area contributed by atoms with E-state index in [-0.39, 0.29) is 17.2 Å². The van der Waals surface area contributed by atoms with Gasteiger partial charge in [-0.05, 0) is 59.9 Å². The molecule has 3 aromatic carbocycles. The minimum atomic E-state index is -0.312. The van der Waals surface area contributed by atoms with Crippen molar-refractivity contribution in [3.05, 3.63) is 82.9 Å². The maximum absolute atomic E-state index is 12.9. The molecule has 0 radical (unpaired) electrons. The van der Waals surface area contributed by atoms with Gasteiger partial charge in [0.05, 0.1) is 16.8 Å². The molecular weight excluding hydrogens is 388 g/mol. The molecule has 0 saturated heterocycles. The number of hydrogen-bond donors (Lipinski definition) is 0. The predicted molar refractivity (Wildman–Crippen MR) is 120 cm³/mol. The lowest BCUT2D eigenvalue weighted by Gasteiger charge is -2.18. The van der Waals surface area contributed by atoms with E-state index in [2.05, 4.69) is 31.8 Å². The Morgan fingerprint density at radius 3 is 2.19 bits per heavy atom. The van der Waals surface area contributed by atoms with Gasteiger partial charge in [0.2, 0.25) is 5.89 Å². The molecule has 5 rings (SSSR count). The molecule has 31 heavy (non-hydrogen) atoms. The van der Waals surface area contributed by atoms with E-state index in [1.165, 1.54) is 10.5 Å². The number of oxazole rings is 1. The van der Waals surface area contributed by atoms with Crippen LogP contribution in [0.3, 0.4) is 0 Å². The summed E-state index contributed by atoms with van der Waals surface area (Å²) in [5.41, 5.74) is 5.60. The molecule has 0 bridgehead atoms. The van der Waals surface area contributed by atoms with Crippen LogP contribution in [-0.2, 0) is 5.41 Å². The number of nitrogens with zero attached hydrogens (tertiary/aromatic N) is 2. The van der Waals surface area contributed by atoms with E-state index in [4.69, 9.17) is 4.42 Å². The van der Waals surface area contributed by atoms with Gasteiger partial charge in [0, 0.05) is 5.56 Å². The Morgan fingerprint density at radius 1 is 0.871 bits per heavy atom. The smallest absolute Gasteiger partial charge is 0.266 e. The molecule has 0 N–H and O–H groups in total. The third-order valence-electron chi connectivity index (χ3n) is 5.74.